The predicted octanol–water partition coefficient (Wildman–Crippen LogP) is 0.382. The largest absolute Gasteiger partial charge is 0.337 e. The molecule has 1 aromatic carbocycles. The molecule has 8 heteroatoms. The normalized spacial score (nSPS) is 21.0. The van der Waals surface area contributed by atoms with Crippen LogP contribution in [0.25, 0.3) is 0 Å². The van der Waals surface area contributed by atoms with Crippen LogP contribution in [0.5, 0.6) is 0 Å². The van der Waals surface area contributed by atoms with Gasteiger partial charge in [-0.2, -0.15) is 0 Å². The number of imidazole rings is 1. The molecule has 8 nitrogen and oxygen atoms in total. The summed E-state index contributed by atoms with van der Waals surface area (Å²) in [6.07, 6.45) is 3.73. The van der Waals surface area contributed by atoms with Gasteiger partial charge in [-0.15, -0.1) is 5.10 Å². The van der Waals surface area contributed by atoms with E-state index in [4.69, 9.17) is 5.73 Å². The molecule has 2 N–H and O–H groups in total. The van der Waals surface area contributed by atoms with E-state index in [1.165, 1.54) is 11.3 Å². The second-order valence-electron chi connectivity index (χ2n) is 6.63. The topological polar surface area (TPSA) is 90.7 Å². The number of likely N-dealkylation sites (tertiary alicyclic amines) is 1. The lowest BCUT2D eigenvalue weighted by Gasteiger charge is -2.15. The van der Waals surface area contributed by atoms with Gasteiger partial charge in [0.15, 0.2) is 5.82 Å². The van der Waals surface area contributed by atoms with Crippen molar-refractivity contribution in [3.63, 3.8) is 0 Å². The molecular weight excluding hydrogens is 316 g/mol. The minimum Gasteiger partial charge on any atom is -0.337 e. The van der Waals surface area contributed by atoms with Gasteiger partial charge in [-0.05, 0) is 16.0 Å². The van der Waals surface area contributed by atoms with Crippen LogP contribution in [0.4, 0.5) is 0 Å². The van der Waals surface area contributed by atoms with Crippen molar-refractivity contribution in [2.75, 3.05) is 13.1 Å². The van der Waals surface area contributed by atoms with Crippen molar-refractivity contribution >= 4 is 0 Å². The summed E-state index contributed by atoms with van der Waals surface area (Å²) in [5.41, 5.74) is 8.74. The second kappa shape index (κ2) is 6.73. The van der Waals surface area contributed by atoms with Crippen LogP contribution in [-0.4, -0.2) is 53.8 Å². The SMILES string of the molecule is Cn1cncc1[C@@H]1CN(Cc2nnnn2Cc2ccccc2)C[C@H]1N. The number of benzene rings is 1. The number of tetrazole rings is 1. The third-order valence-corrected chi connectivity index (χ3v) is 4.82. The van der Waals surface area contributed by atoms with E-state index in [0.717, 1.165) is 18.9 Å². The molecule has 0 unspecified atom stereocenters. The molecule has 3 aromatic rings. The van der Waals surface area contributed by atoms with Crippen molar-refractivity contribution in [2.45, 2.75) is 25.0 Å². The first-order valence-corrected chi connectivity index (χ1v) is 8.44. The van der Waals surface area contributed by atoms with E-state index in [-0.39, 0.29) is 12.0 Å². The molecule has 1 saturated heterocycles. The van der Waals surface area contributed by atoms with Crippen molar-refractivity contribution in [1.82, 2.24) is 34.7 Å². The predicted molar refractivity (Wildman–Crippen MR) is 92.6 cm³/mol. The maximum absolute atomic E-state index is 6.38. The van der Waals surface area contributed by atoms with E-state index >= 15 is 0 Å². The van der Waals surface area contributed by atoms with Gasteiger partial charge in [-0.1, -0.05) is 30.3 Å². The number of nitrogens with two attached hydrogens (primary N) is 1. The maximum atomic E-state index is 6.38. The zero-order valence-corrected chi connectivity index (χ0v) is 14.2. The molecule has 1 fully saturated rings. The summed E-state index contributed by atoms with van der Waals surface area (Å²) in [5.74, 6) is 1.15. The van der Waals surface area contributed by atoms with Gasteiger partial charge in [-0.3, -0.25) is 4.90 Å². The van der Waals surface area contributed by atoms with Crippen molar-refractivity contribution in [1.29, 1.82) is 0 Å². The Labute approximate surface area is 146 Å². The fraction of sp³-hybridized carbons (Fsp3) is 0.412. The highest BCUT2D eigenvalue weighted by Crippen LogP contribution is 2.26. The molecule has 0 aliphatic carbocycles. The Bertz CT molecular complexity index is 824. The van der Waals surface area contributed by atoms with E-state index in [1.54, 1.807) is 0 Å². The zero-order valence-electron chi connectivity index (χ0n) is 14.2. The number of nitrogens with zero attached hydrogens (tertiary/aromatic N) is 7. The first kappa shape index (κ1) is 15.9. The molecule has 4 rings (SSSR count). The fourth-order valence-electron chi connectivity index (χ4n) is 3.50. The molecule has 130 valence electrons. The highest BCUT2D eigenvalue weighted by molar-refractivity contribution is 5.16. The van der Waals surface area contributed by atoms with Gasteiger partial charge in [0.25, 0.3) is 0 Å². The minimum atomic E-state index is 0.0915. The van der Waals surface area contributed by atoms with Crippen molar-refractivity contribution in [3.05, 3.63) is 59.9 Å². The first-order valence-electron chi connectivity index (χ1n) is 8.44. The van der Waals surface area contributed by atoms with Crippen LogP contribution in [-0.2, 0) is 20.1 Å². The van der Waals surface area contributed by atoms with Gasteiger partial charge < -0.3 is 10.3 Å². The lowest BCUT2D eigenvalue weighted by atomic mass is 10.0. The number of hydrogen-bond acceptors (Lipinski definition) is 6. The summed E-state index contributed by atoms with van der Waals surface area (Å²) in [7, 11) is 2.01. The van der Waals surface area contributed by atoms with Crippen LogP contribution in [0.2, 0.25) is 0 Å². The maximum Gasteiger partial charge on any atom is 0.165 e. The van der Waals surface area contributed by atoms with Crippen LogP contribution in [0, 0.1) is 0 Å². The average molecular weight is 338 g/mol. The Morgan fingerprint density at radius 2 is 2.00 bits per heavy atom. The van der Waals surface area contributed by atoms with Crippen LogP contribution in [0.15, 0.2) is 42.9 Å². The molecule has 2 atom stereocenters. The molecular formula is C17H22N8. The smallest absolute Gasteiger partial charge is 0.165 e. The van der Waals surface area contributed by atoms with Gasteiger partial charge in [-0.25, -0.2) is 9.67 Å². The summed E-state index contributed by atoms with van der Waals surface area (Å²) in [6, 6.07) is 10.3. The van der Waals surface area contributed by atoms with E-state index in [9.17, 15) is 0 Å². The molecule has 0 amide bonds. The van der Waals surface area contributed by atoms with Gasteiger partial charge >= 0.3 is 0 Å². The number of rotatable bonds is 5. The quantitative estimate of drug-likeness (QED) is 0.723. The zero-order chi connectivity index (χ0) is 17.2. The summed E-state index contributed by atoms with van der Waals surface area (Å²) in [6.45, 7) is 3.09. The summed E-state index contributed by atoms with van der Waals surface area (Å²) in [4.78, 5) is 6.53. The number of aromatic nitrogens is 6. The fourth-order valence-corrected chi connectivity index (χ4v) is 3.50. The molecule has 0 radical (unpaired) electrons. The molecule has 2 aromatic heterocycles. The number of hydrogen-bond donors (Lipinski definition) is 1. The Morgan fingerprint density at radius 1 is 1.16 bits per heavy atom. The first-order chi connectivity index (χ1) is 12.2. The highest BCUT2D eigenvalue weighted by atomic mass is 15.5. The Kier molecular flexibility index (Phi) is 4.29. The van der Waals surface area contributed by atoms with Crippen molar-refractivity contribution in [2.24, 2.45) is 12.8 Å². The van der Waals surface area contributed by atoms with Gasteiger partial charge in [0.05, 0.1) is 19.4 Å². The molecule has 1 aliphatic heterocycles. The second-order valence-corrected chi connectivity index (χ2v) is 6.63. The van der Waals surface area contributed by atoms with Crippen molar-refractivity contribution < 1.29 is 0 Å². The van der Waals surface area contributed by atoms with Crippen LogP contribution in [0.1, 0.15) is 23.0 Å². The van der Waals surface area contributed by atoms with E-state index < -0.39 is 0 Å². The molecule has 0 bridgehead atoms. The summed E-state index contributed by atoms with van der Waals surface area (Å²) in [5, 5.41) is 12.2. The van der Waals surface area contributed by atoms with Crippen molar-refractivity contribution in [3.8, 4) is 0 Å². The standard InChI is InChI=1S/C17H22N8/c1-23-12-19-7-16(23)14-9-24(10-15(14)18)11-17-20-21-22-25(17)8-13-5-3-2-4-6-13/h2-7,12,14-15H,8-11,18H2,1H3/t14-,15-/m1/s1. The molecule has 3 heterocycles. The lowest BCUT2D eigenvalue weighted by Crippen LogP contribution is -2.29. The lowest BCUT2D eigenvalue weighted by molar-refractivity contribution is 0.307. The minimum absolute atomic E-state index is 0.0915. The Balaban J connectivity index is 1.45. The van der Waals surface area contributed by atoms with Gasteiger partial charge in [0.1, 0.15) is 0 Å². The van der Waals surface area contributed by atoms with Crippen LogP contribution in [0.3, 0.4) is 0 Å². The Morgan fingerprint density at radius 3 is 2.76 bits per heavy atom. The van der Waals surface area contributed by atoms with E-state index in [1.807, 2.05) is 47.0 Å². The van der Waals surface area contributed by atoms with Gasteiger partial charge in [0, 0.05) is 44.0 Å². The molecule has 0 spiro atoms. The third kappa shape index (κ3) is 3.31. The average Bonchev–Trinajstić information content (AvgIpc) is 3.31. The van der Waals surface area contributed by atoms with Crippen LogP contribution < -0.4 is 5.73 Å². The molecule has 25 heavy (non-hydrogen) atoms. The highest BCUT2D eigenvalue weighted by Gasteiger charge is 2.33. The number of aryl methyl sites for hydroxylation is 1. The van der Waals surface area contributed by atoms with E-state index in [2.05, 4.69) is 37.5 Å². The molecule has 0 saturated carbocycles. The monoisotopic (exact) mass is 338 g/mol. The molecule has 1 aliphatic rings. The summed E-state index contributed by atoms with van der Waals surface area (Å²) < 4.78 is 3.91. The van der Waals surface area contributed by atoms with Gasteiger partial charge in [0.2, 0.25) is 0 Å². The van der Waals surface area contributed by atoms with Crippen LogP contribution >= 0.6 is 0 Å². The summed E-state index contributed by atoms with van der Waals surface area (Å²) >= 11 is 0. The van der Waals surface area contributed by atoms with E-state index in [0.29, 0.717) is 13.1 Å². The Hall–Kier alpha value is -2.58. The third-order valence-electron chi connectivity index (χ3n) is 4.82.